The first-order valence-electron chi connectivity index (χ1n) is 5.43. The molecule has 0 aliphatic heterocycles. The summed E-state index contributed by atoms with van der Waals surface area (Å²) in [5, 5.41) is 9.03. The van der Waals surface area contributed by atoms with Crippen molar-refractivity contribution in [1.29, 1.82) is 0 Å². The maximum absolute atomic E-state index is 11.3. The molecule has 1 amide bonds. The maximum atomic E-state index is 11.3. The summed E-state index contributed by atoms with van der Waals surface area (Å²) >= 11 is 0. The lowest BCUT2D eigenvalue weighted by Crippen LogP contribution is -2.41. The molecule has 0 aliphatic rings. The summed E-state index contributed by atoms with van der Waals surface area (Å²) in [6.07, 6.45) is 1.48. The van der Waals surface area contributed by atoms with Gasteiger partial charge in [0.2, 0.25) is 0 Å². The standard InChI is InChI=1S/C10H19N5O2/c1-10(2,3)17-9(16)12-5-7(11)4-8-13-6-14-15-8/h6-7H,4-5,11H2,1-3H3,(H,12,16)(H,13,14,15). The van der Waals surface area contributed by atoms with E-state index in [1.807, 2.05) is 0 Å². The second-order valence-electron chi connectivity index (χ2n) is 4.78. The second-order valence-corrected chi connectivity index (χ2v) is 4.78. The van der Waals surface area contributed by atoms with Crippen LogP contribution < -0.4 is 11.1 Å². The van der Waals surface area contributed by atoms with Gasteiger partial charge in [-0.25, -0.2) is 9.78 Å². The zero-order chi connectivity index (χ0) is 12.9. The van der Waals surface area contributed by atoms with Crippen molar-refractivity contribution in [1.82, 2.24) is 20.5 Å². The average molecular weight is 241 g/mol. The van der Waals surface area contributed by atoms with E-state index >= 15 is 0 Å². The third-order valence-corrected chi connectivity index (χ3v) is 1.83. The van der Waals surface area contributed by atoms with Crippen LogP contribution in [0.3, 0.4) is 0 Å². The minimum atomic E-state index is -0.501. The lowest BCUT2D eigenvalue weighted by Gasteiger charge is -2.20. The van der Waals surface area contributed by atoms with Gasteiger partial charge in [0.15, 0.2) is 0 Å². The van der Waals surface area contributed by atoms with Crippen molar-refractivity contribution in [2.24, 2.45) is 5.73 Å². The highest BCUT2D eigenvalue weighted by Crippen LogP contribution is 2.06. The summed E-state index contributed by atoms with van der Waals surface area (Å²) in [4.78, 5) is 15.3. The summed E-state index contributed by atoms with van der Waals surface area (Å²) in [5.41, 5.74) is 5.32. The fourth-order valence-electron chi connectivity index (χ4n) is 1.18. The monoisotopic (exact) mass is 241 g/mol. The van der Waals surface area contributed by atoms with Gasteiger partial charge in [0.1, 0.15) is 17.8 Å². The van der Waals surface area contributed by atoms with Gasteiger partial charge in [0, 0.05) is 19.0 Å². The van der Waals surface area contributed by atoms with E-state index < -0.39 is 11.7 Å². The lowest BCUT2D eigenvalue weighted by atomic mass is 10.2. The van der Waals surface area contributed by atoms with Crippen LogP contribution in [-0.4, -0.2) is 39.5 Å². The molecule has 0 bridgehead atoms. The molecular weight excluding hydrogens is 222 g/mol. The van der Waals surface area contributed by atoms with Gasteiger partial charge in [-0.05, 0) is 20.8 Å². The Labute approximate surface area is 100 Å². The predicted octanol–water partition coefficient (Wildman–Crippen LogP) is 0.199. The second kappa shape index (κ2) is 5.62. The Hall–Kier alpha value is -1.63. The lowest BCUT2D eigenvalue weighted by molar-refractivity contribution is 0.0524. The third-order valence-electron chi connectivity index (χ3n) is 1.83. The van der Waals surface area contributed by atoms with Gasteiger partial charge >= 0.3 is 6.09 Å². The number of H-pyrrole nitrogens is 1. The molecule has 0 spiro atoms. The molecule has 0 radical (unpaired) electrons. The van der Waals surface area contributed by atoms with Gasteiger partial charge in [-0.2, -0.15) is 5.10 Å². The Morgan fingerprint density at radius 2 is 2.35 bits per heavy atom. The average Bonchev–Trinajstić information content (AvgIpc) is 2.64. The number of nitrogens with zero attached hydrogens (tertiary/aromatic N) is 2. The zero-order valence-electron chi connectivity index (χ0n) is 10.4. The molecule has 7 heteroatoms. The molecule has 0 aromatic carbocycles. The van der Waals surface area contributed by atoms with Crippen LogP contribution in [0.1, 0.15) is 26.6 Å². The quantitative estimate of drug-likeness (QED) is 0.698. The molecule has 1 atom stereocenters. The van der Waals surface area contributed by atoms with Crippen molar-refractivity contribution in [2.75, 3.05) is 6.54 Å². The van der Waals surface area contributed by atoms with Crippen molar-refractivity contribution in [3.8, 4) is 0 Å². The molecule has 0 aliphatic carbocycles. The third kappa shape index (κ3) is 5.86. The number of nitrogens with two attached hydrogens (primary N) is 1. The molecular formula is C10H19N5O2. The fraction of sp³-hybridized carbons (Fsp3) is 0.700. The summed E-state index contributed by atoms with van der Waals surface area (Å²) < 4.78 is 5.08. The van der Waals surface area contributed by atoms with Crippen molar-refractivity contribution < 1.29 is 9.53 Å². The Morgan fingerprint density at radius 3 is 2.88 bits per heavy atom. The van der Waals surface area contributed by atoms with Crippen LogP contribution in [0.2, 0.25) is 0 Å². The molecule has 17 heavy (non-hydrogen) atoms. The van der Waals surface area contributed by atoms with E-state index in [1.54, 1.807) is 20.8 Å². The molecule has 1 unspecified atom stereocenters. The SMILES string of the molecule is CC(C)(C)OC(=O)NCC(N)Cc1ncn[nH]1. The number of alkyl carbamates (subject to hydrolysis) is 1. The van der Waals surface area contributed by atoms with Gasteiger partial charge < -0.3 is 15.8 Å². The number of hydrogen-bond acceptors (Lipinski definition) is 5. The topological polar surface area (TPSA) is 106 Å². The normalized spacial score (nSPS) is 13.2. The van der Waals surface area contributed by atoms with Crippen LogP contribution in [0.5, 0.6) is 0 Å². The Morgan fingerprint density at radius 1 is 1.65 bits per heavy atom. The molecule has 1 rings (SSSR count). The number of aromatic amines is 1. The van der Waals surface area contributed by atoms with E-state index in [0.29, 0.717) is 18.8 Å². The number of carbonyl (C=O) groups is 1. The van der Waals surface area contributed by atoms with Crippen LogP contribution in [-0.2, 0) is 11.2 Å². The highest BCUT2D eigenvalue weighted by molar-refractivity contribution is 5.67. The molecule has 1 aromatic rings. The van der Waals surface area contributed by atoms with Crippen LogP contribution in [0.4, 0.5) is 4.79 Å². The molecule has 0 fully saturated rings. The van der Waals surface area contributed by atoms with Crippen molar-refractivity contribution in [3.63, 3.8) is 0 Å². The van der Waals surface area contributed by atoms with E-state index in [0.717, 1.165) is 0 Å². The van der Waals surface area contributed by atoms with Crippen molar-refractivity contribution in [3.05, 3.63) is 12.2 Å². The molecule has 1 heterocycles. The first-order valence-corrected chi connectivity index (χ1v) is 5.43. The molecule has 1 aromatic heterocycles. The van der Waals surface area contributed by atoms with Crippen LogP contribution in [0.25, 0.3) is 0 Å². The molecule has 4 N–H and O–H groups in total. The number of ether oxygens (including phenoxy) is 1. The summed E-state index contributed by atoms with van der Waals surface area (Å²) in [7, 11) is 0. The smallest absolute Gasteiger partial charge is 0.407 e. The van der Waals surface area contributed by atoms with E-state index in [9.17, 15) is 4.79 Å². The Bertz CT molecular complexity index is 344. The molecule has 0 saturated heterocycles. The number of nitrogens with one attached hydrogen (secondary N) is 2. The summed E-state index contributed by atoms with van der Waals surface area (Å²) in [6, 6.07) is -0.226. The van der Waals surface area contributed by atoms with Crippen LogP contribution in [0.15, 0.2) is 6.33 Å². The minimum absolute atomic E-state index is 0.226. The molecule has 0 saturated carbocycles. The van der Waals surface area contributed by atoms with E-state index in [2.05, 4.69) is 20.5 Å². The highest BCUT2D eigenvalue weighted by atomic mass is 16.6. The zero-order valence-corrected chi connectivity index (χ0v) is 10.4. The van der Waals surface area contributed by atoms with Crippen LogP contribution in [0, 0.1) is 0 Å². The van der Waals surface area contributed by atoms with Crippen molar-refractivity contribution in [2.45, 2.75) is 38.8 Å². The highest BCUT2D eigenvalue weighted by Gasteiger charge is 2.16. The maximum Gasteiger partial charge on any atom is 0.407 e. The van der Waals surface area contributed by atoms with Gasteiger partial charge in [-0.3, -0.25) is 5.10 Å². The Kier molecular flexibility index (Phi) is 4.45. The number of amides is 1. The Balaban J connectivity index is 2.24. The first kappa shape index (κ1) is 13.4. The van der Waals surface area contributed by atoms with E-state index in [-0.39, 0.29) is 6.04 Å². The molecule has 7 nitrogen and oxygen atoms in total. The number of hydrogen-bond donors (Lipinski definition) is 3. The van der Waals surface area contributed by atoms with Crippen LogP contribution >= 0.6 is 0 Å². The van der Waals surface area contributed by atoms with E-state index in [4.69, 9.17) is 10.5 Å². The predicted molar refractivity (Wildman–Crippen MR) is 62.3 cm³/mol. The summed E-state index contributed by atoms with van der Waals surface area (Å²) in [5.74, 6) is 0.698. The van der Waals surface area contributed by atoms with Gasteiger partial charge in [0.05, 0.1) is 0 Å². The number of rotatable bonds is 4. The fourth-order valence-corrected chi connectivity index (χ4v) is 1.18. The van der Waals surface area contributed by atoms with Gasteiger partial charge in [-0.1, -0.05) is 0 Å². The number of carbonyl (C=O) groups excluding carboxylic acids is 1. The largest absolute Gasteiger partial charge is 0.444 e. The van der Waals surface area contributed by atoms with Gasteiger partial charge in [-0.15, -0.1) is 0 Å². The summed E-state index contributed by atoms with van der Waals surface area (Å²) in [6.45, 7) is 5.75. The minimum Gasteiger partial charge on any atom is -0.444 e. The van der Waals surface area contributed by atoms with Crippen molar-refractivity contribution >= 4 is 6.09 Å². The first-order chi connectivity index (χ1) is 7.87. The number of aromatic nitrogens is 3. The molecule has 96 valence electrons. The van der Waals surface area contributed by atoms with E-state index in [1.165, 1.54) is 6.33 Å². The van der Waals surface area contributed by atoms with Gasteiger partial charge in [0.25, 0.3) is 0 Å².